The number of rotatable bonds is 5. The highest BCUT2D eigenvalue weighted by atomic mass is 19.1. The summed E-state index contributed by atoms with van der Waals surface area (Å²) >= 11 is 0. The molecule has 0 spiro atoms. The summed E-state index contributed by atoms with van der Waals surface area (Å²) in [5.41, 5.74) is 3.28. The molecule has 5 heteroatoms. The van der Waals surface area contributed by atoms with Gasteiger partial charge in [0.15, 0.2) is 0 Å². The molecule has 1 saturated heterocycles. The maximum atomic E-state index is 13.0. The van der Waals surface area contributed by atoms with E-state index in [0.717, 1.165) is 44.5 Å². The molecule has 0 saturated carbocycles. The van der Waals surface area contributed by atoms with Gasteiger partial charge in [-0.25, -0.2) is 4.39 Å². The summed E-state index contributed by atoms with van der Waals surface area (Å²) in [6, 6.07) is 15.6. The van der Waals surface area contributed by atoms with E-state index in [4.69, 9.17) is 5.21 Å². The minimum atomic E-state index is -0.174. The third-order valence-corrected chi connectivity index (χ3v) is 5.53. The summed E-state index contributed by atoms with van der Waals surface area (Å²) in [5, 5.41) is 13.1. The molecular weight excluding hydrogens is 341 g/mol. The van der Waals surface area contributed by atoms with Crippen LogP contribution in [0, 0.1) is 5.82 Å². The predicted octanol–water partition coefficient (Wildman–Crippen LogP) is 4.47. The van der Waals surface area contributed by atoms with Crippen LogP contribution in [0.5, 0.6) is 0 Å². The van der Waals surface area contributed by atoms with Gasteiger partial charge in [0.05, 0.1) is 6.21 Å². The maximum absolute atomic E-state index is 13.0. The molecule has 27 heavy (non-hydrogen) atoms. The lowest BCUT2D eigenvalue weighted by molar-refractivity contribution is 0.190. The van der Waals surface area contributed by atoms with E-state index in [1.54, 1.807) is 0 Å². The molecule has 1 aliphatic rings. The second-order valence-corrected chi connectivity index (χ2v) is 7.24. The largest absolute Gasteiger partial charge is 0.411 e. The summed E-state index contributed by atoms with van der Waals surface area (Å²) in [6.07, 6.45) is 6.83. The smallest absolute Gasteiger partial charge is 0.123 e. The van der Waals surface area contributed by atoms with Gasteiger partial charge >= 0.3 is 0 Å². The Labute approximate surface area is 158 Å². The van der Waals surface area contributed by atoms with Crippen molar-refractivity contribution in [1.82, 2.24) is 9.47 Å². The number of hydrogen-bond acceptors (Lipinski definition) is 3. The molecular formula is C22H24FN3O. The van der Waals surface area contributed by atoms with Gasteiger partial charge in [-0.05, 0) is 60.0 Å². The quantitative estimate of drug-likeness (QED) is 0.412. The number of halogens is 1. The van der Waals surface area contributed by atoms with E-state index in [0.29, 0.717) is 6.04 Å². The molecule has 2 heterocycles. The Hall–Kier alpha value is -2.66. The van der Waals surface area contributed by atoms with Crippen molar-refractivity contribution in [2.45, 2.75) is 25.3 Å². The molecule has 3 aromatic rings. The van der Waals surface area contributed by atoms with Crippen LogP contribution in [0.15, 0.2) is 59.9 Å². The third-order valence-electron chi connectivity index (χ3n) is 5.53. The first-order valence-corrected chi connectivity index (χ1v) is 9.48. The van der Waals surface area contributed by atoms with Gasteiger partial charge in [0, 0.05) is 37.4 Å². The van der Waals surface area contributed by atoms with Gasteiger partial charge in [-0.2, -0.15) is 0 Å². The zero-order valence-electron chi connectivity index (χ0n) is 15.3. The molecule has 0 unspecified atom stereocenters. The number of benzene rings is 2. The molecule has 4 rings (SSSR count). The van der Waals surface area contributed by atoms with E-state index in [1.807, 2.05) is 18.2 Å². The molecule has 0 radical (unpaired) electrons. The van der Waals surface area contributed by atoms with Crippen LogP contribution in [0.1, 0.15) is 30.0 Å². The van der Waals surface area contributed by atoms with Crippen molar-refractivity contribution in [1.29, 1.82) is 0 Å². The zero-order valence-corrected chi connectivity index (χ0v) is 15.3. The van der Waals surface area contributed by atoms with Gasteiger partial charge in [-0.15, -0.1) is 0 Å². The van der Waals surface area contributed by atoms with E-state index in [1.165, 1.54) is 34.8 Å². The normalized spacial score (nSPS) is 16.5. The number of aromatic nitrogens is 1. The fraction of sp³-hybridized carbons (Fsp3) is 0.318. The second kappa shape index (κ2) is 7.92. The molecule has 0 aliphatic carbocycles. The van der Waals surface area contributed by atoms with Crippen LogP contribution >= 0.6 is 0 Å². The predicted molar refractivity (Wildman–Crippen MR) is 106 cm³/mol. The molecule has 1 aromatic heterocycles. The fourth-order valence-electron chi connectivity index (χ4n) is 3.99. The molecule has 0 atom stereocenters. The first kappa shape index (κ1) is 17.7. The van der Waals surface area contributed by atoms with Crippen LogP contribution in [0.3, 0.4) is 0 Å². The molecule has 2 aromatic carbocycles. The lowest BCUT2D eigenvalue weighted by atomic mass is 10.0. The van der Waals surface area contributed by atoms with Gasteiger partial charge in [0.2, 0.25) is 0 Å². The van der Waals surface area contributed by atoms with E-state index >= 15 is 0 Å². The lowest BCUT2D eigenvalue weighted by Gasteiger charge is -2.33. The number of oxime groups is 1. The standard InChI is InChI=1S/C22H24FN3O/c23-20-5-2-17(3-6-20)7-11-25-12-9-21(10-13-25)26-14-8-19-4-1-18(16-24-27)15-22(19)26/h1-6,8,14-16,21,27H,7,9-13H2. The van der Waals surface area contributed by atoms with Crippen molar-refractivity contribution >= 4 is 17.1 Å². The Morgan fingerprint density at radius 1 is 1.07 bits per heavy atom. The minimum Gasteiger partial charge on any atom is -0.411 e. The highest BCUT2D eigenvalue weighted by Crippen LogP contribution is 2.28. The van der Waals surface area contributed by atoms with Crippen LogP contribution in [-0.2, 0) is 6.42 Å². The summed E-state index contributed by atoms with van der Waals surface area (Å²) in [5.74, 6) is -0.174. The van der Waals surface area contributed by atoms with Gasteiger partial charge in [-0.1, -0.05) is 29.4 Å². The molecule has 1 fully saturated rings. The first-order chi connectivity index (χ1) is 13.2. The highest BCUT2D eigenvalue weighted by Gasteiger charge is 2.21. The number of fused-ring (bicyclic) bond motifs is 1. The Balaban J connectivity index is 1.38. The van der Waals surface area contributed by atoms with E-state index in [9.17, 15) is 4.39 Å². The Morgan fingerprint density at radius 3 is 2.59 bits per heavy atom. The van der Waals surface area contributed by atoms with Gasteiger partial charge in [0.1, 0.15) is 5.82 Å². The number of hydrogen-bond donors (Lipinski definition) is 1. The highest BCUT2D eigenvalue weighted by molar-refractivity contribution is 5.89. The van der Waals surface area contributed by atoms with Crippen LogP contribution in [0.2, 0.25) is 0 Å². The van der Waals surface area contributed by atoms with Gasteiger partial charge < -0.3 is 14.7 Å². The Morgan fingerprint density at radius 2 is 1.85 bits per heavy atom. The molecule has 140 valence electrons. The third kappa shape index (κ3) is 4.03. The van der Waals surface area contributed by atoms with Crippen LogP contribution < -0.4 is 0 Å². The average molecular weight is 365 g/mol. The number of piperidine rings is 1. The van der Waals surface area contributed by atoms with E-state index in [-0.39, 0.29) is 5.82 Å². The first-order valence-electron chi connectivity index (χ1n) is 9.48. The monoisotopic (exact) mass is 365 g/mol. The SMILES string of the molecule is ON=Cc1ccc2ccn(C3CCN(CCc4ccc(F)cc4)CC3)c2c1. The summed E-state index contributed by atoms with van der Waals surface area (Å²) in [4.78, 5) is 2.50. The number of likely N-dealkylation sites (tertiary alicyclic amines) is 1. The van der Waals surface area contributed by atoms with Crippen molar-refractivity contribution in [2.75, 3.05) is 19.6 Å². The molecule has 1 aliphatic heterocycles. The van der Waals surface area contributed by atoms with Crippen LogP contribution in [0.25, 0.3) is 10.9 Å². The fourth-order valence-corrected chi connectivity index (χ4v) is 3.99. The summed E-state index contributed by atoms with van der Waals surface area (Å²) in [7, 11) is 0. The molecule has 4 nitrogen and oxygen atoms in total. The van der Waals surface area contributed by atoms with Crippen LogP contribution in [0.4, 0.5) is 4.39 Å². The van der Waals surface area contributed by atoms with Gasteiger partial charge in [0.25, 0.3) is 0 Å². The summed E-state index contributed by atoms with van der Waals surface area (Å²) < 4.78 is 15.4. The Bertz CT molecular complexity index is 924. The molecule has 0 bridgehead atoms. The zero-order chi connectivity index (χ0) is 18.6. The summed E-state index contributed by atoms with van der Waals surface area (Å²) in [6.45, 7) is 3.16. The van der Waals surface area contributed by atoms with Gasteiger partial charge in [-0.3, -0.25) is 0 Å². The van der Waals surface area contributed by atoms with Crippen molar-refractivity contribution < 1.29 is 9.60 Å². The molecule has 0 amide bonds. The minimum absolute atomic E-state index is 0.174. The van der Waals surface area contributed by atoms with E-state index in [2.05, 4.69) is 39.0 Å². The van der Waals surface area contributed by atoms with Crippen molar-refractivity contribution in [3.8, 4) is 0 Å². The van der Waals surface area contributed by atoms with E-state index < -0.39 is 0 Å². The van der Waals surface area contributed by atoms with Crippen molar-refractivity contribution in [3.63, 3.8) is 0 Å². The van der Waals surface area contributed by atoms with Crippen molar-refractivity contribution in [2.24, 2.45) is 5.16 Å². The molecule has 1 N–H and O–H groups in total. The number of nitrogens with zero attached hydrogens (tertiary/aromatic N) is 3. The van der Waals surface area contributed by atoms with Crippen molar-refractivity contribution in [3.05, 3.63) is 71.7 Å². The average Bonchev–Trinajstić information content (AvgIpc) is 3.11. The topological polar surface area (TPSA) is 40.8 Å². The maximum Gasteiger partial charge on any atom is 0.123 e. The Kier molecular flexibility index (Phi) is 5.21. The lowest BCUT2D eigenvalue weighted by Crippen LogP contribution is -2.35. The second-order valence-electron chi connectivity index (χ2n) is 7.24. The van der Waals surface area contributed by atoms with Crippen LogP contribution in [-0.4, -0.2) is 40.5 Å².